The molecule has 0 saturated carbocycles. The lowest BCUT2D eigenvalue weighted by Crippen LogP contribution is -2.47. The van der Waals surface area contributed by atoms with Crippen LogP contribution in [-0.2, 0) is 15.3 Å². The first-order valence-corrected chi connectivity index (χ1v) is 7.21. The second-order valence-corrected chi connectivity index (χ2v) is 6.21. The number of alkyl halides is 3. The van der Waals surface area contributed by atoms with E-state index < -0.39 is 24.5 Å². The molecule has 0 aliphatic heterocycles. The number of halogens is 3. The summed E-state index contributed by atoms with van der Waals surface area (Å²) < 4.78 is 55.0. The maximum absolute atomic E-state index is 12.6. The van der Waals surface area contributed by atoms with Crippen molar-refractivity contribution in [3.8, 4) is 0 Å². The number of rotatable bonds is 3. The zero-order valence-corrected chi connectivity index (χ0v) is 11.0. The average molecular weight is 283 g/mol. The molecule has 1 unspecified atom stereocenters. The fraction of sp³-hybridized carbons (Fsp3) is 0.500. The lowest BCUT2D eigenvalue weighted by Gasteiger charge is -2.16. The molecule has 0 bridgehead atoms. The van der Waals surface area contributed by atoms with Crippen LogP contribution in [0.1, 0.15) is 18.2 Å². The van der Waals surface area contributed by atoms with Gasteiger partial charge in [0.1, 0.15) is 0 Å². The highest BCUT2D eigenvalue weighted by Crippen LogP contribution is 2.41. The summed E-state index contributed by atoms with van der Waals surface area (Å²) in [6.07, 6.45) is -4.60. The summed E-state index contributed by atoms with van der Waals surface area (Å²) in [5.41, 5.74) is -1.68. The van der Waals surface area contributed by atoms with Gasteiger partial charge in [-0.3, -0.25) is 4.57 Å². The first-order valence-electron chi connectivity index (χ1n) is 5.13. The fourth-order valence-electron chi connectivity index (χ4n) is 1.46. The Morgan fingerprint density at radius 1 is 1.44 bits per heavy atom. The SMILES string of the molecule is CCOP(C)(=O)c1cc(C(F)(F)F)cc(C)[n+]1[O-]. The Kier molecular flexibility index (Phi) is 4.08. The molecule has 1 rings (SSSR count). The molecule has 1 atom stereocenters. The second-order valence-electron chi connectivity index (χ2n) is 3.80. The van der Waals surface area contributed by atoms with Crippen LogP contribution in [0.15, 0.2) is 12.1 Å². The Morgan fingerprint density at radius 3 is 2.44 bits per heavy atom. The van der Waals surface area contributed by atoms with Crippen molar-refractivity contribution in [1.82, 2.24) is 0 Å². The van der Waals surface area contributed by atoms with Gasteiger partial charge in [-0.1, -0.05) is 0 Å². The minimum Gasteiger partial charge on any atom is -0.618 e. The van der Waals surface area contributed by atoms with Gasteiger partial charge in [0.2, 0.25) is 0 Å². The maximum atomic E-state index is 12.6. The number of hydrogen-bond acceptors (Lipinski definition) is 3. The number of hydrogen-bond donors (Lipinski definition) is 0. The van der Waals surface area contributed by atoms with Crippen molar-refractivity contribution in [1.29, 1.82) is 0 Å². The van der Waals surface area contributed by atoms with Crippen LogP contribution in [-0.4, -0.2) is 13.3 Å². The summed E-state index contributed by atoms with van der Waals surface area (Å²) in [5.74, 6) is 0. The van der Waals surface area contributed by atoms with Gasteiger partial charge in [0.25, 0.3) is 12.8 Å². The minimum atomic E-state index is -4.60. The van der Waals surface area contributed by atoms with Crippen molar-refractivity contribution in [3.05, 3.63) is 28.6 Å². The van der Waals surface area contributed by atoms with Crippen molar-refractivity contribution in [2.75, 3.05) is 13.3 Å². The third kappa shape index (κ3) is 3.03. The molecule has 0 aliphatic rings. The Bertz CT molecular complexity index is 502. The molecule has 0 N–H and O–H groups in total. The third-order valence-electron chi connectivity index (χ3n) is 2.30. The van der Waals surface area contributed by atoms with E-state index in [2.05, 4.69) is 0 Å². The molecule has 1 aromatic heterocycles. The minimum absolute atomic E-state index is 0.0447. The highest BCUT2D eigenvalue weighted by Gasteiger charge is 2.37. The third-order valence-corrected chi connectivity index (χ3v) is 4.19. The molecule has 0 fully saturated rings. The lowest BCUT2D eigenvalue weighted by molar-refractivity contribution is -0.594. The molecule has 0 spiro atoms. The van der Waals surface area contributed by atoms with Gasteiger partial charge in [-0.2, -0.15) is 17.9 Å². The van der Waals surface area contributed by atoms with Crippen molar-refractivity contribution in [2.24, 2.45) is 0 Å². The molecule has 1 heterocycles. The van der Waals surface area contributed by atoms with Gasteiger partial charge in [0, 0.05) is 25.7 Å². The predicted octanol–water partition coefficient (Wildman–Crippen LogP) is 2.22. The Hall–Kier alpha value is -1.07. The highest BCUT2D eigenvalue weighted by atomic mass is 31.2. The highest BCUT2D eigenvalue weighted by molar-refractivity contribution is 7.65. The number of aromatic nitrogens is 1. The van der Waals surface area contributed by atoms with E-state index in [4.69, 9.17) is 4.52 Å². The Balaban J connectivity index is 3.45. The molecule has 18 heavy (non-hydrogen) atoms. The normalized spacial score (nSPS) is 15.4. The number of pyridine rings is 1. The largest absolute Gasteiger partial charge is 0.618 e. The van der Waals surface area contributed by atoms with Crippen LogP contribution in [0, 0.1) is 12.1 Å². The van der Waals surface area contributed by atoms with Gasteiger partial charge in [-0.15, -0.1) is 0 Å². The van der Waals surface area contributed by atoms with Crippen LogP contribution in [0.4, 0.5) is 13.2 Å². The molecule has 0 saturated heterocycles. The quantitative estimate of drug-likeness (QED) is 0.485. The van der Waals surface area contributed by atoms with Crippen LogP contribution in [0.25, 0.3) is 0 Å². The first kappa shape index (κ1) is 15.0. The van der Waals surface area contributed by atoms with Gasteiger partial charge in [0.05, 0.1) is 12.2 Å². The van der Waals surface area contributed by atoms with Gasteiger partial charge in [-0.05, 0) is 6.92 Å². The molecular weight excluding hydrogens is 270 g/mol. The molecule has 1 aromatic rings. The summed E-state index contributed by atoms with van der Waals surface area (Å²) >= 11 is 0. The van der Waals surface area contributed by atoms with E-state index in [0.717, 1.165) is 6.66 Å². The van der Waals surface area contributed by atoms with E-state index in [1.54, 1.807) is 6.92 Å². The second kappa shape index (κ2) is 4.90. The van der Waals surface area contributed by atoms with Gasteiger partial charge in [-0.25, -0.2) is 0 Å². The van der Waals surface area contributed by atoms with Gasteiger partial charge >= 0.3 is 6.18 Å². The van der Waals surface area contributed by atoms with Crippen molar-refractivity contribution >= 4 is 12.8 Å². The Morgan fingerprint density at radius 2 is 2.00 bits per heavy atom. The molecule has 0 aromatic carbocycles. The summed E-state index contributed by atoms with van der Waals surface area (Å²) in [5, 5.41) is 11.7. The van der Waals surface area contributed by atoms with Gasteiger partial charge < -0.3 is 9.73 Å². The zero-order valence-electron chi connectivity index (χ0n) is 10.1. The van der Waals surface area contributed by atoms with E-state index in [9.17, 15) is 22.9 Å². The maximum Gasteiger partial charge on any atom is 0.416 e. The van der Waals surface area contributed by atoms with E-state index >= 15 is 0 Å². The van der Waals surface area contributed by atoms with Crippen LogP contribution in [0.2, 0.25) is 0 Å². The smallest absolute Gasteiger partial charge is 0.416 e. The fourth-order valence-corrected chi connectivity index (χ4v) is 2.95. The lowest BCUT2D eigenvalue weighted by atomic mass is 10.2. The topological polar surface area (TPSA) is 53.2 Å². The molecule has 0 aliphatic carbocycles. The van der Waals surface area contributed by atoms with Crippen molar-refractivity contribution in [2.45, 2.75) is 20.0 Å². The van der Waals surface area contributed by atoms with E-state index in [0.29, 0.717) is 12.1 Å². The van der Waals surface area contributed by atoms with Crippen LogP contribution >= 0.6 is 7.37 Å². The number of aryl methyl sites for hydroxylation is 1. The van der Waals surface area contributed by atoms with Crippen molar-refractivity contribution in [3.63, 3.8) is 0 Å². The van der Waals surface area contributed by atoms with E-state index in [1.165, 1.54) is 6.92 Å². The molecular formula is C10H13F3NO3P. The molecule has 102 valence electrons. The standard InChI is InChI=1S/C10H13F3NO3P/c1-4-17-18(3,16)9-6-8(10(11,12)13)5-7(2)14(9)15/h5-6H,4H2,1-3H3. The average Bonchev–Trinajstić information content (AvgIpc) is 2.19. The number of nitrogens with zero attached hydrogens (tertiary/aromatic N) is 1. The predicted molar refractivity (Wildman–Crippen MR) is 59.9 cm³/mol. The summed E-state index contributed by atoms with van der Waals surface area (Å²) in [4.78, 5) is 0. The summed E-state index contributed by atoms with van der Waals surface area (Å²) in [6, 6.07) is 1.29. The molecule has 8 heteroatoms. The van der Waals surface area contributed by atoms with E-state index in [1.807, 2.05) is 0 Å². The van der Waals surface area contributed by atoms with Crippen LogP contribution in [0.5, 0.6) is 0 Å². The van der Waals surface area contributed by atoms with Crippen LogP contribution in [0.3, 0.4) is 0 Å². The first-order chi connectivity index (χ1) is 8.09. The monoisotopic (exact) mass is 283 g/mol. The van der Waals surface area contributed by atoms with Crippen LogP contribution < -0.4 is 10.2 Å². The van der Waals surface area contributed by atoms with E-state index in [-0.39, 0.29) is 17.0 Å². The molecule has 4 nitrogen and oxygen atoms in total. The zero-order chi connectivity index (χ0) is 14.1. The Labute approximate surface area is 102 Å². The van der Waals surface area contributed by atoms with Gasteiger partial charge in [0.15, 0.2) is 5.69 Å². The summed E-state index contributed by atoms with van der Waals surface area (Å²) in [7, 11) is -3.56. The molecule has 0 radical (unpaired) electrons. The van der Waals surface area contributed by atoms with Crippen molar-refractivity contribution < 1.29 is 27.0 Å². The summed E-state index contributed by atoms with van der Waals surface area (Å²) in [6.45, 7) is 3.94. The molecule has 0 amide bonds.